The summed E-state index contributed by atoms with van der Waals surface area (Å²) in [6.07, 6.45) is 1.90. The zero-order chi connectivity index (χ0) is 28.3. The van der Waals surface area contributed by atoms with E-state index in [1.165, 1.54) is 12.1 Å². The van der Waals surface area contributed by atoms with Gasteiger partial charge in [-0.3, -0.25) is 4.57 Å². The number of carboxylic acid groups (broad SMARTS) is 1. The number of aromatic nitrogens is 3. The summed E-state index contributed by atoms with van der Waals surface area (Å²) in [4.78, 5) is 20.8. The van der Waals surface area contributed by atoms with E-state index in [1.54, 1.807) is 30.3 Å². The first-order valence-electron chi connectivity index (χ1n) is 13.1. The highest BCUT2D eigenvalue weighted by molar-refractivity contribution is 6.30. The SMILES string of the molecule is O=C(O)c1ccc2nc(Oc3ccc(-c4cccc(OCc5ccc(Cl)cc5F)n4)cc3)n(CC3CCCO3)c2c1. The van der Waals surface area contributed by atoms with Crippen LogP contribution in [0.15, 0.2) is 78.9 Å². The molecule has 1 fully saturated rings. The molecule has 8 nitrogen and oxygen atoms in total. The maximum absolute atomic E-state index is 14.1. The van der Waals surface area contributed by atoms with Crippen LogP contribution in [-0.4, -0.2) is 38.3 Å². The summed E-state index contributed by atoms with van der Waals surface area (Å²) < 4.78 is 33.7. The van der Waals surface area contributed by atoms with E-state index < -0.39 is 11.8 Å². The largest absolute Gasteiger partial charge is 0.478 e. The first-order chi connectivity index (χ1) is 19.9. The molecule has 0 spiro atoms. The first kappa shape index (κ1) is 26.7. The molecule has 1 aliphatic rings. The Kier molecular flexibility index (Phi) is 7.54. The van der Waals surface area contributed by atoms with Gasteiger partial charge in [0.15, 0.2) is 0 Å². The van der Waals surface area contributed by atoms with Crippen molar-refractivity contribution in [1.29, 1.82) is 0 Å². The number of halogens is 2. The van der Waals surface area contributed by atoms with Crippen LogP contribution in [0.3, 0.4) is 0 Å². The second kappa shape index (κ2) is 11.6. The number of aromatic carboxylic acids is 1. The van der Waals surface area contributed by atoms with Crippen molar-refractivity contribution in [2.75, 3.05) is 6.61 Å². The van der Waals surface area contributed by atoms with Gasteiger partial charge in [0.2, 0.25) is 5.88 Å². The number of ether oxygens (including phenoxy) is 3. The van der Waals surface area contributed by atoms with Crippen LogP contribution in [0.2, 0.25) is 5.02 Å². The minimum Gasteiger partial charge on any atom is -0.478 e. The molecular formula is C31H25ClFN3O5. The smallest absolute Gasteiger partial charge is 0.335 e. The Bertz CT molecular complexity index is 1720. The molecule has 5 aromatic rings. The summed E-state index contributed by atoms with van der Waals surface area (Å²) in [6.45, 7) is 1.23. The highest BCUT2D eigenvalue weighted by Crippen LogP contribution is 2.30. The van der Waals surface area contributed by atoms with Gasteiger partial charge >= 0.3 is 12.0 Å². The molecule has 41 heavy (non-hydrogen) atoms. The van der Waals surface area contributed by atoms with Gasteiger partial charge < -0.3 is 19.3 Å². The summed E-state index contributed by atoms with van der Waals surface area (Å²) in [6, 6.07) is 22.4. The van der Waals surface area contributed by atoms with Crippen LogP contribution in [0.25, 0.3) is 22.3 Å². The van der Waals surface area contributed by atoms with Crippen molar-refractivity contribution in [2.24, 2.45) is 0 Å². The summed E-state index contributed by atoms with van der Waals surface area (Å²) in [5, 5.41) is 9.81. The van der Waals surface area contributed by atoms with Crippen LogP contribution in [-0.2, 0) is 17.9 Å². The van der Waals surface area contributed by atoms with Crippen molar-refractivity contribution < 1.29 is 28.5 Å². The lowest BCUT2D eigenvalue weighted by atomic mass is 10.1. The van der Waals surface area contributed by atoms with E-state index in [2.05, 4.69) is 9.97 Å². The molecule has 0 aliphatic carbocycles. The molecule has 2 aromatic heterocycles. The van der Waals surface area contributed by atoms with Crippen molar-refractivity contribution >= 4 is 28.6 Å². The fraction of sp³-hybridized carbons (Fsp3) is 0.194. The van der Waals surface area contributed by atoms with Crippen LogP contribution in [0.5, 0.6) is 17.6 Å². The maximum Gasteiger partial charge on any atom is 0.335 e. The second-order valence-corrected chi connectivity index (χ2v) is 10.1. The van der Waals surface area contributed by atoms with Gasteiger partial charge in [0, 0.05) is 28.8 Å². The molecule has 0 amide bonds. The Morgan fingerprint density at radius 3 is 2.68 bits per heavy atom. The predicted molar refractivity (Wildman–Crippen MR) is 151 cm³/mol. The van der Waals surface area contributed by atoms with E-state index in [9.17, 15) is 14.3 Å². The Balaban J connectivity index is 1.21. The zero-order valence-electron chi connectivity index (χ0n) is 21.8. The molecule has 6 rings (SSSR count). The standard InChI is InChI=1S/C31H25ClFN3O5/c32-22-10-6-21(25(33)16-22)18-40-29-5-1-4-26(34-29)19-7-11-23(12-8-19)41-31-35-27-13-9-20(30(37)38)15-28(27)36(31)17-24-3-2-14-39-24/h1,4-13,15-16,24H,2-3,14,17-18H2,(H,37,38). The van der Waals surface area contributed by atoms with E-state index in [1.807, 2.05) is 41.0 Å². The van der Waals surface area contributed by atoms with E-state index in [0.717, 1.165) is 18.4 Å². The molecular weight excluding hydrogens is 549 g/mol. The molecule has 1 aliphatic heterocycles. The van der Waals surface area contributed by atoms with Crippen molar-refractivity contribution in [2.45, 2.75) is 32.1 Å². The third-order valence-corrected chi connectivity index (χ3v) is 7.08. The number of hydrogen-bond donors (Lipinski definition) is 1. The summed E-state index contributed by atoms with van der Waals surface area (Å²) >= 11 is 5.82. The van der Waals surface area contributed by atoms with Gasteiger partial charge in [-0.2, -0.15) is 4.98 Å². The van der Waals surface area contributed by atoms with E-state index >= 15 is 0 Å². The number of hydrogen-bond acceptors (Lipinski definition) is 6. The summed E-state index contributed by atoms with van der Waals surface area (Å²) in [7, 11) is 0. The predicted octanol–water partition coefficient (Wildman–Crippen LogP) is 7.14. The Labute approximate surface area is 239 Å². The third-order valence-electron chi connectivity index (χ3n) is 6.84. The number of pyridine rings is 1. The third kappa shape index (κ3) is 6.01. The van der Waals surface area contributed by atoms with Gasteiger partial charge in [-0.15, -0.1) is 0 Å². The molecule has 1 saturated heterocycles. The van der Waals surface area contributed by atoms with Crippen LogP contribution < -0.4 is 9.47 Å². The van der Waals surface area contributed by atoms with Gasteiger partial charge in [0.1, 0.15) is 18.2 Å². The van der Waals surface area contributed by atoms with Gasteiger partial charge in [-0.25, -0.2) is 14.2 Å². The molecule has 0 bridgehead atoms. The van der Waals surface area contributed by atoms with Gasteiger partial charge in [-0.1, -0.05) is 23.7 Å². The van der Waals surface area contributed by atoms with Crippen LogP contribution in [0, 0.1) is 5.82 Å². The minimum absolute atomic E-state index is 0.00219. The second-order valence-electron chi connectivity index (χ2n) is 9.66. The minimum atomic E-state index is -1.00. The number of benzene rings is 3. The number of carbonyl (C=O) groups is 1. The molecule has 208 valence electrons. The fourth-order valence-electron chi connectivity index (χ4n) is 4.73. The molecule has 1 N–H and O–H groups in total. The van der Waals surface area contributed by atoms with Gasteiger partial charge in [0.05, 0.1) is 34.9 Å². The number of rotatable bonds is 9. The number of nitrogens with zero attached hydrogens (tertiary/aromatic N) is 3. The van der Waals surface area contributed by atoms with Crippen molar-refractivity contribution in [1.82, 2.24) is 14.5 Å². The summed E-state index contributed by atoms with van der Waals surface area (Å²) in [5.41, 5.74) is 3.38. The highest BCUT2D eigenvalue weighted by atomic mass is 35.5. The van der Waals surface area contributed by atoms with Gasteiger partial charge in [-0.05, 0) is 73.5 Å². The Morgan fingerprint density at radius 2 is 1.93 bits per heavy atom. The lowest BCUT2D eigenvalue weighted by Gasteiger charge is -2.14. The number of fused-ring (bicyclic) bond motifs is 1. The number of imidazole rings is 1. The highest BCUT2D eigenvalue weighted by Gasteiger charge is 2.22. The molecule has 1 unspecified atom stereocenters. The lowest BCUT2D eigenvalue weighted by Crippen LogP contribution is -2.15. The Hall–Kier alpha value is -4.47. The quantitative estimate of drug-likeness (QED) is 0.200. The molecule has 0 saturated carbocycles. The fourth-order valence-corrected chi connectivity index (χ4v) is 4.88. The Morgan fingerprint density at radius 1 is 1.07 bits per heavy atom. The topological polar surface area (TPSA) is 95.7 Å². The number of carboxylic acids is 1. The van der Waals surface area contributed by atoms with Crippen molar-refractivity contribution in [3.8, 4) is 28.9 Å². The molecule has 3 heterocycles. The van der Waals surface area contributed by atoms with Crippen molar-refractivity contribution in [3.63, 3.8) is 0 Å². The monoisotopic (exact) mass is 573 g/mol. The lowest BCUT2D eigenvalue weighted by molar-refractivity contribution is 0.0697. The van der Waals surface area contributed by atoms with Crippen LogP contribution in [0.1, 0.15) is 28.8 Å². The first-order valence-corrected chi connectivity index (χ1v) is 13.5. The van der Waals surface area contributed by atoms with E-state index in [0.29, 0.717) is 58.1 Å². The molecule has 10 heteroatoms. The van der Waals surface area contributed by atoms with E-state index in [4.69, 9.17) is 25.8 Å². The molecule has 0 radical (unpaired) electrons. The molecule has 3 aromatic carbocycles. The average molecular weight is 574 g/mol. The van der Waals surface area contributed by atoms with Crippen LogP contribution >= 0.6 is 11.6 Å². The average Bonchev–Trinajstić information content (AvgIpc) is 3.61. The zero-order valence-corrected chi connectivity index (χ0v) is 22.6. The molecule has 1 atom stereocenters. The van der Waals surface area contributed by atoms with Crippen molar-refractivity contribution in [3.05, 3.63) is 101 Å². The summed E-state index contributed by atoms with van der Waals surface area (Å²) in [5.74, 6) is -0.520. The van der Waals surface area contributed by atoms with Gasteiger partial charge in [0.25, 0.3) is 0 Å². The normalized spacial score (nSPS) is 14.8. The van der Waals surface area contributed by atoms with E-state index in [-0.39, 0.29) is 18.3 Å². The maximum atomic E-state index is 14.1. The van der Waals surface area contributed by atoms with Crippen LogP contribution in [0.4, 0.5) is 4.39 Å².